The van der Waals surface area contributed by atoms with Gasteiger partial charge in [-0.3, -0.25) is 4.79 Å². The van der Waals surface area contributed by atoms with Crippen molar-refractivity contribution < 1.29 is 4.79 Å². The number of fused-ring (bicyclic) bond motifs is 5. The Labute approximate surface area is 148 Å². The van der Waals surface area contributed by atoms with Crippen molar-refractivity contribution in [2.24, 2.45) is 34.5 Å². The second-order valence-corrected chi connectivity index (χ2v) is 10.6. The molecule has 122 valence electrons. The third-order valence-electron chi connectivity index (χ3n) is 8.05. The molecule has 22 heavy (non-hydrogen) atoms. The highest BCUT2D eigenvalue weighted by molar-refractivity contribution is 14.1. The van der Waals surface area contributed by atoms with Crippen LogP contribution in [-0.4, -0.2) is 9.71 Å². The van der Waals surface area contributed by atoms with Crippen LogP contribution in [0.2, 0.25) is 0 Å². The predicted molar refractivity (Wildman–Crippen MR) is 99.1 cm³/mol. The molecule has 0 aliphatic heterocycles. The quantitative estimate of drug-likeness (QED) is 0.289. The normalized spacial score (nSPS) is 54.3. The van der Waals surface area contributed by atoms with Gasteiger partial charge in [0.1, 0.15) is 0 Å². The van der Waals surface area contributed by atoms with E-state index < -0.39 is 0 Å². The maximum atomic E-state index is 12.7. The van der Waals surface area contributed by atoms with Crippen molar-refractivity contribution in [1.82, 2.24) is 0 Å². The van der Waals surface area contributed by atoms with Gasteiger partial charge in [-0.15, -0.1) is 0 Å². The molecule has 7 atom stereocenters. The molecule has 0 aromatic rings. The number of carbonyl (C=O) groups excluding carboxylic acids is 1. The molecule has 4 rings (SSSR count). The van der Waals surface area contributed by atoms with Crippen molar-refractivity contribution in [2.75, 3.05) is 0 Å². The molecule has 1 nitrogen and oxygen atoms in total. The molecule has 0 spiro atoms. The van der Waals surface area contributed by atoms with Crippen LogP contribution in [0.25, 0.3) is 0 Å². The minimum absolute atomic E-state index is 0.00329. The van der Waals surface area contributed by atoms with E-state index in [9.17, 15) is 4.79 Å². The van der Waals surface area contributed by atoms with Gasteiger partial charge in [0.15, 0.2) is 5.78 Å². The lowest BCUT2D eigenvalue weighted by atomic mass is 9.47. The van der Waals surface area contributed by atoms with Crippen molar-refractivity contribution in [3.63, 3.8) is 0 Å². The zero-order valence-corrected chi connectivity index (χ0v) is 16.4. The van der Waals surface area contributed by atoms with Gasteiger partial charge in [0, 0.05) is 5.41 Å². The highest BCUT2D eigenvalue weighted by Crippen LogP contribution is 2.64. The summed E-state index contributed by atoms with van der Waals surface area (Å²) in [7, 11) is 0. The molecule has 3 saturated carbocycles. The number of ketones is 1. The molecule has 0 saturated heterocycles. The summed E-state index contributed by atoms with van der Waals surface area (Å²) >= 11 is 2.41. The molecular formula is C20H29IO. The Morgan fingerprint density at radius 1 is 1.14 bits per heavy atom. The third kappa shape index (κ3) is 1.97. The lowest BCUT2D eigenvalue weighted by Crippen LogP contribution is -2.50. The van der Waals surface area contributed by atoms with Crippen molar-refractivity contribution in [3.05, 3.63) is 11.6 Å². The van der Waals surface area contributed by atoms with Gasteiger partial charge >= 0.3 is 0 Å². The first-order valence-electron chi connectivity index (χ1n) is 9.24. The van der Waals surface area contributed by atoms with E-state index in [1.165, 1.54) is 32.1 Å². The van der Waals surface area contributed by atoms with Crippen LogP contribution in [-0.2, 0) is 4.79 Å². The molecule has 0 radical (unpaired) electrons. The molecule has 0 heterocycles. The zero-order chi connectivity index (χ0) is 15.7. The van der Waals surface area contributed by atoms with Crippen LogP contribution in [0.15, 0.2) is 11.6 Å². The van der Waals surface area contributed by atoms with E-state index in [1.807, 2.05) is 0 Å². The van der Waals surface area contributed by atoms with Gasteiger partial charge < -0.3 is 0 Å². The number of rotatable bonds is 0. The van der Waals surface area contributed by atoms with Crippen LogP contribution in [0.1, 0.15) is 65.7 Å². The Bertz CT molecular complexity index is 538. The largest absolute Gasteiger partial charge is 0.298 e. The van der Waals surface area contributed by atoms with E-state index in [4.69, 9.17) is 0 Å². The molecule has 2 unspecified atom stereocenters. The molecule has 3 fully saturated rings. The number of Topliss-reactive ketones (excluding diaryl/α,β-unsaturated/α-hetero) is 1. The van der Waals surface area contributed by atoms with Gasteiger partial charge in [0.05, 0.1) is 3.92 Å². The summed E-state index contributed by atoms with van der Waals surface area (Å²) in [5, 5.41) is 0. The summed E-state index contributed by atoms with van der Waals surface area (Å²) in [6, 6.07) is 0. The van der Waals surface area contributed by atoms with E-state index in [0.717, 1.165) is 30.6 Å². The summed E-state index contributed by atoms with van der Waals surface area (Å²) in [6.07, 6.45) is 11.5. The fourth-order valence-electron chi connectivity index (χ4n) is 6.59. The summed E-state index contributed by atoms with van der Waals surface area (Å²) in [5.74, 6) is 3.69. The van der Waals surface area contributed by atoms with Crippen LogP contribution in [0.5, 0.6) is 0 Å². The third-order valence-corrected chi connectivity index (χ3v) is 9.12. The van der Waals surface area contributed by atoms with Gasteiger partial charge in [-0.2, -0.15) is 0 Å². The first-order chi connectivity index (χ1) is 10.4. The molecule has 4 aliphatic carbocycles. The lowest BCUT2D eigenvalue weighted by molar-refractivity contribution is -0.131. The highest BCUT2D eigenvalue weighted by atomic mass is 127. The molecule has 2 heteroatoms. The maximum Gasteiger partial charge on any atom is 0.151 e. The highest BCUT2D eigenvalue weighted by Gasteiger charge is 2.60. The molecule has 0 bridgehead atoms. The smallest absolute Gasteiger partial charge is 0.151 e. The average Bonchev–Trinajstić information content (AvgIpc) is 2.72. The minimum atomic E-state index is -0.00329. The number of alkyl halides is 1. The lowest BCUT2D eigenvalue weighted by Gasteiger charge is -2.56. The fourth-order valence-corrected chi connectivity index (χ4v) is 7.85. The summed E-state index contributed by atoms with van der Waals surface area (Å²) in [6.45, 7) is 7.27. The number of hydrogen-bond acceptors (Lipinski definition) is 1. The first kappa shape index (κ1) is 15.7. The van der Waals surface area contributed by atoms with E-state index in [2.05, 4.69) is 49.4 Å². The van der Waals surface area contributed by atoms with E-state index in [-0.39, 0.29) is 9.34 Å². The second-order valence-electron chi connectivity index (χ2n) is 9.13. The Morgan fingerprint density at radius 3 is 2.64 bits per heavy atom. The molecule has 0 aromatic carbocycles. The van der Waals surface area contributed by atoms with E-state index in [1.54, 1.807) is 5.57 Å². The van der Waals surface area contributed by atoms with Gasteiger partial charge in [-0.05, 0) is 74.0 Å². The number of carbonyl (C=O) groups is 1. The van der Waals surface area contributed by atoms with E-state index >= 15 is 0 Å². The topological polar surface area (TPSA) is 17.1 Å². The van der Waals surface area contributed by atoms with E-state index in [0.29, 0.717) is 17.1 Å². The molecule has 4 aliphatic rings. The summed E-state index contributed by atoms with van der Waals surface area (Å²) in [5.41, 5.74) is 2.21. The molecular weight excluding hydrogens is 383 g/mol. The Balaban J connectivity index is 1.70. The Hall–Kier alpha value is 0.140. The first-order valence-corrected chi connectivity index (χ1v) is 10.5. The average molecular weight is 412 g/mol. The van der Waals surface area contributed by atoms with Crippen molar-refractivity contribution >= 4 is 28.4 Å². The van der Waals surface area contributed by atoms with Crippen molar-refractivity contribution in [2.45, 2.75) is 69.6 Å². The summed E-state index contributed by atoms with van der Waals surface area (Å²) < 4.78 is 0.274. The second kappa shape index (κ2) is 5.07. The van der Waals surface area contributed by atoms with Gasteiger partial charge in [0.25, 0.3) is 0 Å². The van der Waals surface area contributed by atoms with Crippen LogP contribution < -0.4 is 0 Å². The minimum Gasteiger partial charge on any atom is -0.298 e. The van der Waals surface area contributed by atoms with Gasteiger partial charge in [-0.1, -0.05) is 55.0 Å². The van der Waals surface area contributed by atoms with Crippen LogP contribution in [0.3, 0.4) is 0 Å². The van der Waals surface area contributed by atoms with Gasteiger partial charge in [0.2, 0.25) is 0 Å². The monoisotopic (exact) mass is 412 g/mol. The maximum absolute atomic E-state index is 12.7. The van der Waals surface area contributed by atoms with Crippen molar-refractivity contribution in [1.29, 1.82) is 0 Å². The fraction of sp³-hybridized carbons (Fsp3) is 0.850. The summed E-state index contributed by atoms with van der Waals surface area (Å²) in [4.78, 5) is 12.7. The number of halogens is 1. The number of allylic oxidation sites excluding steroid dienone is 2. The van der Waals surface area contributed by atoms with Crippen molar-refractivity contribution in [3.8, 4) is 0 Å². The number of hydrogen-bond donors (Lipinski definition) is 0. The Morgan fingerprint density at radius 2 is 1.86 bits per heavy atom. The van der Waals surface area contributed by atoms with Gasteiger partial charge in [-0.25, -0.2) is 0 Å². The van der Waals surface area contributed by atoms with Crippen LogP contribution >= 0.6 is 22.6 Å². The molecule has 0 N–H and O–H groups in total. The van der Waals surface area contributed by atoms with Crippen LogP contribution in [0.4, 0.5) is 0 Å². The molecule has 0 aromatic heterocycles. The van der Waals surface area contributed by atoms with Crippen LogP contribution in [0, 0.1) is 34.5 Å². The standard InChI is InChI=1S/C20H29IO/c1-12-6-8-19(2)13(10-12)4-5-14-15(19)7-9-20(3)16(14)11-17(21)18(20)22/h4,12,14-17H,5-11H2,1-3H3/t12?,14-,15-,16+,17?,19+,20+/m1/s1. The Kier molecular flexibility index (Phi) is 3.61. The SMILES string of the molecule is CC1CC[C@@]2(C)C(=CC[C@@H]3[C@H]2CC[C@]2(C)C(=O)C(I)C[C@@H]32)C1. The molecule has 0 amide bonds. The predicted octanol–water partition coefficient (Wildman–Crippen LogP) is 5.57. The zero-order valence-electron chi connectivity index (χ0n) is 14.2.